The molecule has 28 heavy (non-hydrogen) atoms. The normalized spacial score (nSPS) is 10.8. The molecule has 2 N–H and O–H groups in total. The van der Waals surface area contributed by atoms with Crippen LogP contribution in [-0.2, 0) is 16.1 Å². The highest BCUT2D eigenvalue weighted by Crippen LogP contribution is 2.31. The fraction of sp³-hybridized carbons (Fsp3) is 0.0952. The van der Waals surface area contributed by atoms with Gasteiger partial charge in [-0.2, -0.15) is 0 Å². The van der Waals surface area contributed by atoms with Crippen LogP contribution < -0.4 is 10.6 Å². The third kappa shape index (κ3) is 3.94. The molecule has 6 nitrogen and oxygen atoms in total. The third-order valence-electron chi connectivity index (χ3n) is 4.14. The number of hydrogen-bond acceptors (Lipinski definition) is 5. The first-order valence-corrected chi connectivity index (χ1v) is 9.49. The van der Waals surface area contributed by atoms with Crippen LogP contribution in [0.4, 0.5) is 5.69 Å². The Kier molecular flexibility index (Phi) is 4.90. The zero-order chi connectivity index (χ0) is 19.5. The molecule has 0 spiro atoms. The lowest BCUT2D eigenvalue weighted by atomic mass is 10.2. The van der Waals surface area contributed by atoms with E-state index >= 15 is 0 Å². The van der Waals surface area contributed by atoms with E-state index in [4.69, 9.17) is 4.42 Å². The van der Waals surface area contributed by atoms with Gasteiger partial charge in [0.2, 0.25) is 0 Å². The molecule has 0 aliphatic carbocycles. The molecule has 0 atom stereocenters. The minimum Gasteiger partial charge on any atom is -0.467 e. The molecule has 0 aliphatic rings. The van der Waals surface area contributed by atoms with Crippen molar-refractivity contribution in [2.24, 2.45) is 0 Å². The molecule has 2 aromatic heterocycles. The van der Waals surface area contributed by atoms with Crippen LogP contribution in [0.2, 0.25) is 0 Å². The quantitative estimate of drug-likeness (QED) is 0.513. The monoisotopic (exact) mass is 391 g/mol. The van der Waals surface area contributed by atoms with E-state index in [9.17, 15) is 9.59 Å². The number of thiazole rings is 1. The SMILES string of the molecule is Cc1ccc2nc(-c3ccc(NC(=O)C(=O)NCc4ccco4)cc3)sc2c1. The molecule has 2 amide bonds. The van der Waals surface area contributed by atoms with Crippen molar-refractivity contribution in [1.82, 2.24) is 10.3 Å². The summed E-state index contributed by atoms with van der Waals surface area (Å²) in [7, 11) is 0. The summed E-state index contributed by atoms with van der Waals surface area (Å²) in [6.07, 6.45) is 1.51. The first-order valence-electron chi connectivity index (χ1n) is 8.68. The molecule has 140 valence electrons. The molecular weight excluding hydrogens is 374 g/mol. The van der Waals surface area contributed by atoms with Gasteiger partial charge in [0.05, 0.1) is 23.0 Å². The zero-order valence-corrected chi connectivity index (χ0v) is 15.9. The predicted molar refractivity (Wildman–Crippen MR) is 109 cm³/mol. The molecule has 2 aromatic carbocycles. The molecule has 0 saturated heterocycles. The number of nitrogens with zero attached hydrogens (tertiary/aromatic N) is 1. The second-order valence-corrected chi connectivity index (χ2v) is 7.31. The van der Waals surface area contributed by atoms with Crippen molar-refractivity contribution in [3.8, 4) is 10.6 Å². The minimum absolute atomic E-state index is 0.162. The average molecular weight is 391 g/mol. The van der Waals surface area contributed by atoms with E-state index < -0.39 is 11.8 Å². The lowest BCUT2D eigenvalue weighted by molar-refractivity contribution is -0.136. The van der Waals surface area contributed by atoms with Gasteiger partial charge in [-0.3, -0.25) is 9.59 Å². The van der Waals surface area contributed by atoms with Crippen LogP contribution in [0.25, 0.3) is 20.8 Å². The molecule has 7 heteroatoms. The van der Waals surface area contributed by atoms with Crippen molar-refractivity contribution < 1.29 is 14.0 Å². The Morgan fingerprint density at radius 2 is 1.89 bits per heavy atom. The lowest BCUT2D eigenvalue weighted by Gasteiger charge is -2.06. The van der Waals surface area contributed by atoms with Gasteiger partial charge < -0.3 is 15.1 Å². The van der Waals surface area contributed by atoms with Crippen molar-refractivity contribution in [2.75, 3.05) is 5.32 Å². The van der Waals surface area contributed by atoms with Gasteiger partial charge in [0, 0.05) is 11.3 Å². The molecule has 2 heterocycles. The maximum Gasteiger partial charge on any atom is 0.313 e. The number of anilines is 1. The molecule has 4 rings (SSSR count). The number of amides is 2. The van der Waals surface area contributed by atoms with Crippen molar-refractivity contribution in [3.63, 3.8) is 0 Å². The second kappa shape index (κ2) is 7.66. The summed E-state index contributed by atoms with van der Waals surface area (Å²) in [5.74, 6) is -0.867. The van der Waals surface area contributed by atoms with Crippen LogP contribution in [0.1, 0.15) is 11.3 Å². The number of hydrogen-bond donors (Lipinski definition) is 2. The highest BCUT2D eigenvalue weighted by atomic mass is 32.1. The maximum absolute atomic E-state index is 12.0. The fourth-order valence-electron chi connectivity index (χ4n) is 2.70. The standard InChI is InChI=1S/C21H17N3O3S/c1-13-4-9-17-18(11-13)28-21(24-17)14-5-7-15(8-6-14)23-20(26)19(25)22-12-16-3-2-10-27-16/h2-11H,12H2,1H3,(H,22,25)(H,23,26). The fourth-order valence-corrected chi connectivity index (χ4v) is 3.77. The van der Waals surface area contributed by atoms with Crippen LogP contribution in [0.5, 0.6) is 0 Å². The molecule has 0 unspecified atom stereocenters. The number of benzene rings is 2. The van der Waals surface area contributed by atoms with Gasteiger partial charge in [0.25, 0.3) is 0 Å². The van der Waals surface area contributed by atoms with Crippen molar-refractivity contribution in [2.45, 2.75) is 13.5 Å². The molecule has 0 bridgehead atoms. The summed E-state index contributed by atoms with van der Waals surface area (Å²) in [5.41, 5.74) is 3.67. The number of carbonyl (C=O) groups excluding carboxylic acids is 2. The molecule has 4 aromatic rings. The molecule has 0 radical (unpaired) electrons. The highest BCUT2D eigenvalue weighted by Gasteiger charge is 2.14. The first-order chi connectivity index (χ1) is 13.6. The van der Waals surface area contributed by atoms with E-state index in [0.29, 0.717) is 11.4 Å². The zero-order valence-electron chi connectivity index (χ0n) is 15.1. The first kappa shape index (κ1) is 17.9. The third-order valence-corrected chi connectivity index (χ3v) is 5.21. The summed E-state index contributed by atoms with van der Waals surface area (Å²) >= 11 is 1.62. The largest absolute Gasteiger partial charge is 0.467 e. The summed E-state index contributed by atoms with van der Waals surface area (Å²) < 4.78 is 6.25. The van der Waals surface area contributed by atoms with Gasteiger partial charge in [-0.15, -0.1) is 11.3 Å². The molecule has 0 saturated carbocycles. The number of furan rings is 1. The minimum atomic E-state index is -0.727. The Hall–Kier alpha value is -3.45. The van der Waals surface area contributed by atoms with Crippen LogP contribution in [0.15, 0.2) is 65.3 Å². The van der Waals surface area contributed by atoms with Crippen LogP contribution in [0, 0.1) is 6.92 Å². The van der Waals surface area contributed by atoms with E-state index in [1.165, 1.54) is 11.8 Å². The van der Waals surface area contributed by atoms with Crippen LogP contribution >= 0.6 is 11.3 Å². The van der Waals surface area contributed by atoms with E-state index in [-0.39, 0.29) is 6.54 Å². The predicted octanol–water partition coefficient (Wildman–Crippen LogP) is 4.12. The summed E-state index contributed by atoms with van der Waals surface area (Å²) in [6.45, 7) is 2.22. The van der Waals surface area contributed by atoms with E-state index in [1.54, 1.807) is 35.6 Å². The molecule has 0 fully saturated rings. The van der Waals surface area contributed by atoms with E-state index in [1.807, 2.05) is 24.3 Å². The lowest BCUT2D eigenvalue weighted by Crippen LogP contribution is -2.34. The topological polar surface area (TPSA) is 84.2 Å². The van der Waals surface area contributed by atoms with E-state index in [2.05, 4.69) is 28.6 Å². The van der Waals surface area contributed by atoms with E-state index in [0.717, 1.165) is 20.8 Å². The van der Waals surface area contributed by atoms with Gasteiger partial charge in [-0.1, -0.05) is 6.07 Å². The Morgan fingerprint density at radius 3 is 2.64 bits per heavy atom. The van der Waals surface area contributed by atoms with Crippen molar-refractivity contribution >= 4 is 39.1 Å². The maximum atomic E-state index is 12.0. The van der Waals surface area contributed by atoms with Gasteiger partial charge in [-0.25, -0.2) is 4.98 Å². The van der Waals surface area contributed by atoms with Gasteiger partial charge in [0.15, 0.2) is 0 Å². The second-order valence-electron chi connectivity index (χ2n) is 6.28. The van der Waals surface area contributed by atoms with Gasteiger partial charge in [-0.05, 0) is 61.0 Å². The summed E-state index contributed by atoms with van der Waals surface area (Å²) in [6, 6.07) is 16.9. The summed E-state index contributed by atoms with van der Waals surface area (Å²) in [4.78, 5) is 28.5. The van der Waals surface area contributed by atoms with Gasteiger partial charge in [0.1, 0.15) is 10.8 Å². The number of fused-ring (bicyclic) bond motifs is 1. The summed E-state index contributed by atoms with van der Waals surface area (Å²) in [5, 5.41) is 6.01. The smallest absolute Gasteiger partial charge is 0.313 e. The van der Waals surface area contributed by atoms with Crippen molar-refractivity contribution in [3.05, 3.63) is 72.2 Å². The Bertz CT molecular complexity index is 1130. The van der Waals surface area contributed by atoms with Crippen LogP contribution in [0.3, 0.4) is 0 Å². The molecule has 0 aliphatic heterocycles. The number of rotatable bonds is 4. The average Bonchev–Trinajstić information content (AvgIpc) is 3.36. The molecular formula is C21H17N3O3S. The van der Waals surface area contributed by atoms with Crippen LogP contribution in [-0.4, -0.2) is 16.8 Å². The Labute approximate surface area is 165 Å². The number of nitrogens with one attached hydrogen (secondary N) is 2. The number of aromatic nitrogens is 1. The highest BCUT2D eigenvalue weighted by molar-refractivity contribution is 7.21. The van der Waals surface area contributed by atoms with Crippen molar-refractivity contribution in [1.29, 1.82) is 0 Å². The number of carbonyl (C=O) groups is 2. The Morgan fingerprint density at radius 1 is 1.07 bits per heavy atom. The van der Waals surface area contributed by atoms with Gasteiger partial charge >= 0.3 is 11.8 Å². The number of aryl methyl sites for hydroxylation is 1. The Balaban J connectivity index is 1.40.